The standard InChI is InChI=1S/C11H12N2O2/c1-15-10-5-9(14)7(6-12)4-8(10)11(13)2-3-11/h4-5,14H,2-3,13H2,1H3. The summed E-state index contributed by atoms with van der Waals surface area (Å²) in [4.78, 5) is 0. The molecule has 1 aliphatic carbocycles. The van der Waals surface area contributed by atoms with Crippen LogP contribution in [-0.4, -0.2) is 12.2 Å². The van der Waals surface area contributed by atoms with Gasteiger partial charge in [0.05, 0.1) is 12.7 Å². The van der Waals surface area contributed by atoms with Crippen LogP contribution in [0.15, 0.2) is 12.1 Å². The van der Waals surface area contributed by atoms with Gasteiger partial charge in [0.25, 0.3) is 0 Å². The van der Waals surface area contributed by atoms with Crippen molar-refractivity contribution < 1.29 is 9.84 Å². The molecule has 78 valence electrons. The van der Waals surface area contributed by atoms with Crippen molar-refractivity contribution in [1.82, 2.24) is 0 Å². The molecule has 0 aliphatic heterocycles. The van der Waals surface area contributed by atoms with Gasteiger partial charge >= 0.3 is 0 Å². The number of phenolic OH excluding ortho intramolecular Hbond substituents is 1. The number of nitriles is 1. The number of rotatable bonds is 2. The Labute approximate surface area is 87.9 Å². The summed E-state index contributed by atoms with van der Waals surface area (Å²) in [7, 11) is 1.52. The van der Waals surface area contributed by atoms with Crippen LogP contribution in [0.4, 0.5) is 0 Å². The van der Waals surface area contributed by atoms with Gasteiger partial charge in [0, 0.05) is 17.2 Å². The van der Waals surface area contributed by atoms with E-state index in [-0.39, 0.29) is 16.9 Å². The van der Waals surface area contributed by atoms with Gasteiger partial charge in [-0.25, -0.2) is 0 Å². The van der Waals surface area contributed by atoms with E-state index in [1.54, 1.807) is 6.07 Å². The molecule has 0 aromatic heterocycles. The fourth-order valence-electron chi connectivity index (χ4n) is 1.62. The minimum absolute atomic E-state index is 0.0673. The van der Waals surface area contributed by atoms with Gasteiger partial charge in [-0.05, 0) is 18.9 Å². The first-order valence-corrected chi connectivity index (χ1v) is 4.71. The summed E-state index contributed by atoms with van der Waals surface area (Å²) in [6.45, 7) is 0. The molecule has 0 spiro atoms. The zero-order chi connectivity index (χ0) is 11.1. The van der Waals surface area contributed by atoms with Crippen LogP contribution in [0.25, 0.3) is 0 Å². The van der Waals surface area contributed by atoms with Crippen LogP contribution in [0.5, 0.6) is 11.5 Å². The number of benzene rings is 1. The zero-order valence-corrected chi connectivity index (χ0v) is 8.45. The summed E-state index contributed by atoms with van der Waals surface area (Å²) >= 11 is 0. The first kappa shape index (κ1) is 9.81. The molecule has 0 radical (unpaired) electrons. The molecule has 2 rings (SSSR count). The predicted octanol–water partition coefficient (Wildman–Crippen LogP) is 1.22. The number of nitrogens with zero attached hydrogens (tertiary/aromatic N) is 1. The van der Waals surface area contributed by atoms with Gasteiger partial charge < -0.3 is 15.6 Å². The van der Waals surface area contributed by atoms with E-state index in [9.17, 15) is 5.11 Å². The van der Waals surface area contributed by atoms with Crippen molar-refractivity contribution in [2.24, 2.45) is 5.73 Å². The van der Waals surface area contributed by atoms with Crippen molar-refractivity contribution >= 4 is 0 Å². The third-order valence-electron chi connectivity index (χ3n) is 2.76. The SMILES string of the molecule is COc1cc(O)c(C#N)cc1C1(N)CC1. The molecule has 0 bridgehead atoms. The van der Waals surface area contributed by atoms with Gasteiger partial charge in [0.1, 0.15) is 17.6 Å². The number of phenols is 1. The highest BCUT2D eigenvalue weighted by Crippen LogP contribution is 2.47. The van der Waals surface area contributed by atoms with Gasteiger partial charge in [0.2, 0.25) is 0 Å². The smallest absolute Gasteiger partial charge is 0.137 e. The van der Waals surface area contributed by atoms with E-state index in [0.717, 1.165) is 18.4 Å². The zero-order valence-electron chi connectivity index (χ0n) is 8.45. The maximum atomic E-state index is 9.49. The monoisotopic (exact) mass is 204 g/mol. The van der Waals surface area contributed by atoms with Crippen LogP contribution in [-0.2, 0) is 5.54 Å². The summed E-state index contributed by atoms with van der Waals surface area (Å²) in [6.07, 6.45) is 1.78. The first-order chi connectivity index (χ1) is 7.10. The van der Waals surface area contributed by atoms with Gasteiger partial charge in [-0.15, -0.1) is 0 Å². The second-order valence-electron chi connectivity index (χ2n) is 3.84. The molecule has 4 heteroatoms. The Morgan fingerprint density at radius 3 is 2.67 bits per heavy atom. The van der Waals surface area contributed by atoms with Crippen molar-refractivity contribution in [3.8, 4) is 17.6 Å². The number of aromatic hydroxyl groups is 1. The minimum atomic E-state index is -0.370. The van der Waals surface area contributed by atoms with Gasteiger partial charge in [-0.2, -0.15) is 5.26 Å². The molecule has 3 N–H and O–H groups in total. The number of hydrogen-bond donors (Lipinski definition) is 2. The van der Waals surface area contributed by atoms with E-state index < -0.39 is 0 Å². The molecule has 0 unspecified atom stereocenters. The Bertz CT molecular complexity index is 445. The molecule has 0 atom stereocenters. The molecular weight excluding hydrogens is 192 g/mol. The molecule has 0 heterocycles. The molecule has 1 fully saturated rings. The average molecular weight is 204 g/mol. The maximum absolute atomic E-state index is 9.49. The number of methoxy groups -OCH3 is 1. The lowest BCUT2D eigenvalue weighted by Crippen LogP contribution is -2.19. The Morgan fingerprint density at radius 1 is 1.53 bits per heavy atom. The van der Waals surface area contributed by atoms with Crippen molar-refractivity contribution in [2.45, 2.75) is 18.4 Å². The van der Waals surface area contributed by atoms with Crippen molar-refractivity contribution in [3.63, 3.8) is 0 Å². The summed E-state index contributed by atoms with van der Waals surface area (Å²) in [6, 6.07) is 4.98. The van der Waals surface area contributed by atoms with Crippen LogP contribution in [0.2, 0.25) is 0 Å². The van der Waals surface area contributed by atoms with Crippen LogP contribution < -0.4 is 10.5 Å². The summed E-state index contributed by atoms with van der Waals surface area (Å²) in [5, 5.41) is 18.3. The highest BCUT2D eigenvalue weighted by molar-refractivity contribution is 5.54. The lowest BCUT2D eigenvalue weighted by molar-refractivity contribution is 0.397. The Kier molecular flexibility index (Phi) is 2.06. The molecule has 1 aromatic rings. The van der Waals surface area contributed by atoms with E-state index in [4.69, 9.17) is 15.7 Å². The molecule has 4 nitrogen and oxygen atoms in total. The topological polar surface area (TPSA) is 79.3 Å². The third-order valence-corrected chi connectivity index (χ3v) is 2.76. The maximum Gasteiger partial charge on any atom is 0.137 e. The van der Waals surface area contributed by atoms with Crippen LogP contribution in [0.1, 0.15) is 24.0 Å². The summed E-state index contributed by atoms with van der Waals surface area (Å²) in [5.74, 6) is 0.480. The normalized spacial score (nSPS) is 16.9. The molecule has 1 saturated carbocycles. The van der Waals surface area contributed by atoms with Crippen molar-refractivity contribution in [2.75, 3.05) is 7.11 Å². The molecule has 1 aliphatic rings. The molecule has 1 aromatic carbocycles. The molecule has 15 heavy (non-hydrogen) atoms. The minimum Gasteiger partial charge on any atom is -0.506 e. The fourth-order valence-corrected chi connectivity index (χ4v) is 1.62. The number of nitrogens with two attached hydrogens (primary N) is 1. The number of ether oxygens (including phenoxy) is 1. The van der Waals surface area contributed by atoms with Gasteiger partial charge in [-0.1, -0.05) is 0 Å². The van der Waals surface area contributed by atoms with E-state index in [2.05, 4.69) is 0 Å². The largest absolute Gasteiger partial charge is 0.506 e. The molecule has 0 amide bonds. The van der Waals surface area contributed by atoms with Crippen LogP contribution >= 0.6 is 0 Å². The summed E-state index contributed by atoms with van der Waals surface area (Å²) < 4.78 is 5.14. The van der Waals surface area contributed by atoms with Crippen LogP contribution in [0, 0.1) is 11.3 Å². The third kappa shape index (κ3) is 1.51. The van der Waals surface area contributed by atoms with E-state index in [0.29, 0.717) is 5.75 Å². The van der Waals surface area contributed by atoms with Gasteiger partial charge in [-0.3, -0.25) is 0 Å². The van der Waals surface area contributed by atoms with Crippen molar-refractivity contribution in [3.05, 3.63) is 23.3 Å². The fraction of sp³-hybridized carbons (Fsp3) is 0.364. The van der Waals surface area contributed by atoms with Crippen molar-refractivity contribution in [1.29, 1.82) is 5.26 Å². The highest BCUT2D eigenvalue weighted by atomic mass is 16.5. The second-order valence-corrected chi connectivity index (χ2v) is 3.84. The summed E-state index contributed by atoms with van der Waals surface area (Å²) in [5.41, 5.74) is 6.72. The van der Waals surface area contributed by atoms with E-state index >= 15 is 0 Å². The van der Waals surface area contributed by atoms with Crippen LogP contribution in [0.3, 0.4) is 0 Å². The lowest BCUT2D eigenvalue weighted by Gasteiger charge is -2.15. The number of hydrogen-bond acceptors (Lipinski definition) is 4. The predicted molar refractivity (Wildman–Crippen MR) is 54.5 cm³/mol. The Balaban J connectivity index is 2.57. The second kappa shape index (κ2) is 3.14. The quantitative estimate of drug-likeness (QED) is 0.759. The van der Waals surface area contributed by atoms with Gasteiger partial charge in [0.15, 0.2) is 0 Å². The first-order valence-electron chi connectivity index (χ1n) is 4.71. The average Bonchev–Trinajstić information content (AvgIpc) is 2.97. The highest BCUT2D eigenvalue weighted by Gasteiger charge is 2.42. The molecule has 0 saturated heterocycles. The Morgan fingerprint density at radius 2 is 2.20 bits per heavy atom. The van der Waals surface area contributed by atoms with E-state index in [1.807, 2.05) is 6.07 Å². The molecular formula is C11H12N2O2. The van der Waals surface area contributed by atoms with E-state index in [1.165, 1.54) is 13.2 Å². The Hall–Kier alpha value is -1.73. The lowest BCUT2D eigenvalue weighted by atomic mass is 10.0.